The van der Waals surface area contributed by atoms with Gasteiger partial charge in [-0.3, -0.25) is 14.6 Å². The standard InChI is InChI=1S/C26H21NO5/c1-15(2)25-24(29)19-9-10-21-23(26(19)32-25)20(13-22(28)31-21)16-6-5-8-18(12-16)30-14-17-7-3-4-11-27-17/h3-12,20H,13-14H2,1-2H3/t20-/m1/s1. The fourth-order valence-electron chi connectivity index (χ4n) is 4.07. The Labute approximate surface area is 185 Å². The zero-order valence-corrected chi connectivity index (χ0v) is 17.8. The third kappa shape index (κ3) is 3.54. The largest absolute Gasteiger partial charge is 0.487 e. The zero-order chi connectivity index (χ0) is 22.2. The van der Waals surface area contributed by atoms with Gasteiger partial charge in [0.2, 0.25) is 5.78 Å². The molecule has 0 bridgehead atoms. The van der Waals surface area contributed by atoms with E-state index in [2.05, 4.69) is 4.98 Å². The number of ether oxygens (including phenoxy) is 3. The third-order valence-corrected chi connectivity index (χ3v) is 5.58. The Morgan fingerprint density at radius 1 is 1.06 bits per heavy atom. The maximum absolute atomic E-state index is 12.8. The number of ketones is 1. The van der Waals surface area contributed by atoms with E-state index in [4.69, 9.17) is 14.2 Å². The minimum atomic E-state index is -0.325. The lowest BCUT2D eigenvalue weighted by atomic mass is 9.84. The molecule has 0 N–H and O–H groups in total. The van der Waals surface area contributed by atoms with Crippen molar-refractivity contribution in [3.05, 3.63) is 94.5 Å². The maximum Gasteiger partial charge on any atom is 0.312 e. The van der Waals surface area contributed by atoms with Crippen LogP contribution in [0, 0.1) is 0 Å². The van der Waals surface area contributed by atoms with Gasteiger partial charge < -0.3 is 14.2 Å². The molecule has 0 radical (unpaired) electrons. The number of benzene rings is 2. The van der Waals surface area contributed by atoms with E-state index in [1.807, 2.05) is 56.3 Å². The highest BCUT2D eigenvalue weighted by Crippen LogP contribution is 2.49. The molecule has 0 spiro atoms. The van der Waals surface area contributed by atoms with E-state index in [1.54, 1.807) is 18.3 Å². The second kappa shape index (κ2) is 7.96. The Kier molecular flexibility index (Phi) is 4.98. The van der Waals surface area contributed by atoms with Gasteiger partial charge in [-0.05, 0) is 61.4 Å². The number of esters is 1. The third-order valence-electron chi connectivity index (χ3n) is 5.58. The Bertz CT molecular complexity index is 1260. The van der Waals surface area contributed by atoms with Crippen LogP contribution in [0.5, 0.6) is 17.2 Å². The van der Waals surface area contributed by atoms with E-state index in [0.29, 0.717) is 40.7 Å². The van der Waals surface area contributed by atoms with Crippen LogP contribution < -0.4 is 14.2 Å². The second-order valence-electron chi connectivity index (χ2n) is 8.03. The summed E-state index contributed by atoms with van der Waals surface area (Å²) >= 11 is 0. The van der Waals surface area contributed by atoms with Crippen molar-refractivity contribution in [1.82, 2.24) is 4.98 Å². The van der Waals surface area contributed by atoms with Gasteiger partial charge in [0.25, 0.3) is 0 Å². The Hall–Kier alpha value is -3.93. The Morgan fingerprint density at radius 3 is 2.72 bits per heavy atom. The predicted octanol–water partition coefficient (Wildman–Crippen LogP) is 4.97. The quantitative estimate of drug-likeness (QED) is 0.332. The average Bonchev–Trinajstić information content (AvgIpc) is 3.15. The van der Waals surface area contributed by atoms with Crippen molar-refractivity contribution in [2.75, 3.05) is 0 Å². The summed E-state index contributed by atoms with van der Waals surface area (Å²) in [7, 11) is 0. The molecule has 32 heavy (non-hydrogen) atoms. The molecular weight excluding hydrogens is 406 g/mol. The van der Waals surface area contributed by atoms with E-state index in [0.717, 1.165) is 16.8 Å². The summed E-state index contributed by atoms with van der Waals surface area (Å²) in [6, 6.07) is 16.6. The van der Waals surface area contributed by atoms with Crippen LogP contribution in [0.1, 0.15) is 53.4 Å². The number of carbonyl (C=O) groups is 2. The van der Waals surface area contributed by atoms with E-state index >= 15 is 0 Å². The molecule has 1 aromatic heterocycles. The lowest BCUT2D eigenvalue weighted by Crippen LogP contribution is -2.21. The molecule has 3 aromatic rings. The number of hydrogen-bond donors (Lipinski definition) is 0. The van der Waals surface area contributed by atoms with Crippen LogP contribution in [0.25, 0.3) is 0 Å². The van der Waals surface area contributed by atoms with Crippen LogP contribution in [-0.4, -0.2) is 16.7 Å². The van der Waals surface area contributed by atoms with Crippen molar-refractivity contribution >= 4 is 11.8 Å². The predicted molar refractivity (Wildman–Crippen MR) is 117 cm³/mol. The fourth-order valence-corrected chi connectivity index (χ4v) is 4.07. The van der Waals surface area contributed by atoms with Gasteiger partial charge in [-0.25, -0.2) is 0 Å². The monoisotopic (exact) mass is 427 g/mol. The summed E-state index contributed by atoms with van der Waals surface area (Å²) in [5, 5.41) is 0. The Balaban J connectivity index is 1.52. The summed E-state index contributed by atoms with van der Waals surface area (Å²) in [5.41, 5.74) is 3.72. The molecule has 0 saturated carbocycles. The van der Waals surface area contributed by atoms with Crippen LogP contribution in [-0.2, 0) is 11.4 Å². The summed E-state index contributed by atoms with van der Waals surface area (Å²) in [5.74, 6) is 1.11. The van der Waals surface area contributed by atoms with E-state index < -0.39 is 0 Å². The van der Waals surface area contributed by atoms with Gasteiger partial charge in [0.1, 0.15) is 23.9 Å². The minimum Gasteiger partial charge on any atom is -0.487 e. The van der Waals surface area contributed by atoms with Crippen LogP contribution in [0.3, 0.4) is 0 Å². The number of hydrogen-bond acceptors (Lipinski definition) is 6. The molecule has 5 rings (SSSR count). The molecule has 6 nitrogen and oxygen atoms in total. The van der Waals surface area contributed by atoms with E-state index in [-0.39, 0.29) is 24.1 Å². The van der Waals surface area contributed by atoms with E-state index in [1.165, 1.54) is 0 Å². The lowest BCUT2D eigenvalue weighted by Gasteiger charge is -2.26. The van der Waals surface area contributed by atoms with Gasteiger partial charge in [0.05, 0.1) is 17.7 Å². The van der Waals surface area contributed by atoms with Crippen LogP contribution in [0.4, 0.5) is 0 Å². The lowest BCUT2D eigenvalue weighted by molar-refractivity contribution is -0.135. The molecule has 2 aromatic carbocycles. The topological polar surface area (TPSA) is 74.7 Å². The van der Waals surface area contributed by atoms with Gasteiger partial charge in [0, 0.05) is 17.7 Å². The molecule has 0 aliphatic carbocycles. The number of pyridine rings is 1. The molecule has 2 aliphatic heterocycles. The van der Waals surface area contributed by atoms with Crippen molar-refractivity contribution in [3.8, 4) is 17.2 Å². The molecule has 6 heteroatoms. The highest BCUT2D eigenvalue weighted by molar-refractivity contribution is 6.13. The second-order valence-corrected chi connectivity index (χ2v) is 8.03. The van der Waals surface area contributed by atoms with Gasteiger partial charge in [0.15, 0.2) is 5.76 Å². The Morgan fingerprint density at radius 2 is 1.94 bits per heavy atom. The van der Waals surface area contributed by atoms with Crippen LogP contribution >= 0.6 is 0 Å². The SMILES string of the molecule is CC(C)=C1Oc2c(ccc3c2[C@@H](c2cccc(OCc4ccccn4)c2)CC(=O)O3)C1=O. The van der Waals surface area contributed by atoms with Crippen molar-refractivity contribution in [2.24, 2.45) is 0 Å². The molecule has 1 atom stereocenters. The summed E-state index contributed by atoms with van der Waals surface area (Å²) in [4.78, 5) is 29.4. The number of nitrogens with zero attached hydrogens (tertiary/aromatic N) is 1. The van der Waals surface area contributed by atoms with Crippen LogP contribution in [0.2, 0.25) is 0 Å². The van der Waals surface area contributed by atoms with Gasteiger partial charge >= 0.3 is 5.97 Å². The normalized spacial score (nSPS) is 16.7. The molecular formula is C26H21NO5. The first-order valence-electron chi connectivity index (χ1n) is 10.4. The first kappa shape index (κ1) is 20.0. The van der Waals surface area contributed by atoms with E-state index in [9.17, 15) is 9.59 Å². The summed E-state index contributed by atoms with van der Waals surface area (Å²) in [6.45, 7) is 4.02. The minimum absolute atomic E-state index is 0.147. The highest BCUT2D eigenvalue weighted by Gasteiger charge is 2.38. The molecule has 2 aliphatic rings. The number of allylic oxidation sites excluding steroid dienone is 2. The maximum atomic E-state index is 12.8. The molecule has 0 unspecified atom stereocenters. The molecule has 0 fully saturated rings. The number of rotatable bonds is 4. The number of aromatic nitrogens is 1. The first-order valence-corrected chi connectivity index (χ1v) is 10.4. The molecule has 3 heterocycles. The molecule has 0 saturated heterocycles. The number of carbonyl (C=O) groups excluding carboxylic acids is 2. The van der Waals surface area contributed by atoms with Gasteiger partial charge in [-0.2, -0.15) is 0 Å². The van der Waals surface area contributed by atoms with Gasteiger partial charge in [-0.15, -0.1) is 0 Å². The average molecular weight is 427 g/mol. The fraction of sp³-hybridized carbons (Fsp3) is 0.192. The van der Waals surface area contributed by atoms with Crippen molar-refractivity contribution < 1.29 is 23.8 Å². The number of fused-ring (bicyclic) bond motifs is 3. The van der Waals surface area contributed by atoms with Crippen LogP contribution in [0.15, 0.2) is 72.1 Å². The molecule has 160 valence electrons. The number of Topliss-reactive ketones (excluding diaryl/α,β-unsaturated/α-hetero) is 1. The van der Waals surface area contributed by atoms with Crippen molar-refractivity contribution in [1.29, 1.82) is 0 Å². The summed E-state index contributed by atoms with van der Waals surface area (Å²) in [6.07, 6.45) is 1.87. The van der Waals surface area contributed by atoms with Crippen molar-refractivity contribution in [3.63, 3.8) is 0 Å². The highest BCUT2D eigenvalue weighted by atomic mass is 16.5. The first-order chi connectivity index (χ1) is 15.5. The van der Waals surface area contributed by atoms with Gasteiger partial charge in [-0.1, -0.05) is 18.2 Å². The van der Waals surface area contributed by atoms with Crippen molar-refractivity contribution in [2.45, 2.75) is 32.8 Å². The zero-order valence-electron chi connectivity index (χ0n) is 17.8. The smallest absolute Gasteiger partial charge is 0.312 e. The summed E-state index contributed by atoms with van der Waals surface area (Å²) < 4.78 is 17.4. The molecule has 0 amide bonds.